The van der Waals surface area contributed by atoms with Crippen molar-refractivity contribution in [2.45, 2.75) is 12.4 Å². The van der Waals surface area contributed by atoms with Gasteiger partial charge in [0.1, 0.15) is 6.61 Å². The third-order valence-corrected chi connectivity index (χ3v) is 3.11. The van der Waals surface area contributed by atoms with E-state index in [1.54, 1.807) is 12.4 Å². The fourth-order valence-corrected chi connectivity index (χ4v) is 1.98. The molecule has 18 heavy (non-hydrogen) atoms. The molecule has 0 unspecified atom stereocenters. The summed E-state index contributed by atoms with van der Waals surface area (Å²) in [6.07, 6.45) is 3.46. The average Bonchev–Trinajstić information content (AvgIpc) is 2.45. The Morgan fingerprint density at radius 1 is 1.11 bits per heavy atom. The zero-order valence-electron chi connectivity index (χ0n) is 9.78. The van der Waals surface area contributed by atoms with Crippen LogP contribution in [0.5, 0.6) is 0 Å². The Morgan fingerprint density at radius 3 is 2.61 bits per heavy atom. The number of ether oxygens (including phenoxy) is 1. The minimum absolute atomic E-state index is 0.261. The molecule has 1 heterocycles. The van der Waals surface area contributed by atoms with Crippen LogP contribution in [-0.4, -0.2) is 10.3 Å². The van der Waals surface area contributed by atoms with E-state index < -0.39 is 0 Å². The summed E-state index contributed by atoms with van der Waals surface area (Å²) in [5.74, 6) is 0.585. The third-order valence-electron chi connectivity index (χ3n) is 2.28. The number of carbonyl (C=O) groups excluding carboxylic acids is 1. The lowest BCUT2D eigenvalue weighted by molar-refractivity contribution is 0.168. The lowest BCUT2D eigenvalue weighted by Gasteiger charge is -2.04. The van der Waals surface area contributed by atoms with E-state index in [1.807, 2.05) is 42.5 Å². The summed E-state index contributed by atoms with van der Waals surface area (Å²) >= 11 is 1.15. The highest BCUT2D eigenvalue weighted by atomic mass is 32.2. The maximum Gasteiger partial charge on any atom is 0.367 e. The van der Waals surface area contributed by atoms with Crippen molar-refractivity contribution in [3.8, 4) is 0 Å². The summed E-state index contributed by atoms with van der Waals surface area (Å²) in [7, 11) is 0. The minimum atomic E-state index is -0.261. The van der Waals surface area contributed by atoms with Gasteiger partial charge in [-0.25, -0.2) is 4.79 Å². The summed E-state index contributed by atoms with van der Waals surface area (Å²) in [6, 6.07) is 13.4. The molecule has 4 heteroatoms. The molecule has 0 spiro atoms. The monoisotopic (exact) mass is 259 g/mol. The molecule has 0 bridgehead atoms. The number of benzene rings is 1. The number of carbonyl (C=O) groups is 1. The topological polar surface area (TPSA) is 39.2 Å². The third kappa shape index (κ3) is 4.22. The van der Waals surface area contributed by atoms with Gasteiger partial charge in [-0.15, -0.1) is 0 Å². The Hall–Kier alpha value is -1.81. The molecule has 0 amide bonds. The average molecular weight is 259 g/mol. The minimum Gasteiger partial charge on any atom is -0.453 e. The molecule has 0 aliphatic carbocycles. The first-order chi connectivity index (χ1) is 8.84. The van der Waals surface area contributed by atoms with Gasteiger partial charge in [0.25, 0.3) is 0 Å². The first-order valence-corrected chi connectivity index (χ1v) is 6.55. The molecule has 1 aromatic carbocycles. The quantitative estimate of drug-likeness (QED) is 0.786. The van der Waals surface area contributed by atoms with Crippen molar-refractivity contribution in [3.05, 3.63) is 66.0 Å². The summed E-state index contributed by atoms with van der Waals surface area (Å²) in [5.41, 5.74) is 2.01. The van der Waals surface area contributed by atoms with Crippen LogP contribution in [0.3, 0.4) is 0 Å². The lowest BCUT2D eigenvalue weighted by Crippen LogP contribution is -1.98. The Kier molecular flexibility index (Phi) is 4.78. The van der Waals surface area contributed by atoms with Gasteiger partial charge in [0.15, 0.2) is 0 Å². The van der Waals surface area contributed by atoms with Crippen LogP contribution in [0, 0.1) is 0 Å². The Balaban J connectivity index is 1.73. The van der Waals surface area contributed by atoms with Gasteiger partial charge in [-0.05, 0) is 29.0 Å². The fraction of sp³-hybridized carbons (Fsp3) is 0.143. The lowest BCUT2D eigenvalue weighted by atomic mass is 10.2. The standard InChI is InChI=1S/C14H13NO2S/c16-14(17-10-12-5-2-1-3-6-12)18-11-13-7-4-8-15-9-13/h1-9H,10-11H2. The number of nitrogens with zero attached hydrogens (tertiary/aromatic N) is 1. The highest BCUT2D eigenvalue weighted by molar-refractivity contribution is 8.12. The summed E-state index contributed by atoms with van der Waals surface area (Å²) in [6.45, 7) is 0.319. The highest BCUT2D eigenvalue weighted by Crippen LogP contribution is 2.14. The van der Waals surface area contributed by atoms with Crippen molar-refractivity contribution >= 4 is 17.1 Å². The van der Waals surface area contributed by atoms with Crippen LogP contribution in [0.25, 0.3) is 0 Å². The molecule has 0 N–H and O–H groups in total. The van der Waals surface area contributed by atoms with Crippen LogP contribution in [-0.2, 0) is 17.1 Å². The second kappa shape index (κ2) is 6.81. The molecule has 0 atom stereocenters. The molecule has 2 aromatic rings. The zero-order valence-corrected chi connectivity index (χ0v) is 10.6. The second-order valence-corrected chi connectivity index (χ2v) is 4.58. The summed E-state index contributed by atoms with van der Waals surface area (Å²) in [5, 5.41) is -0.261. The van der Waals surface area contributed by atoms with E-state index >= 15 is 0 Å². The van der Waals surface area contributed by atoms with E-state index in [0.29, 0.717) is 12.4 Å². The van der Waals surface area contributed by atoms with Gasteiger partial charge in [-0.2, -0.15) is 0 Å². The molecule has 2 rings (SSSR count). The van der Waals surface area contributed by atoms with Crippen LogP contribution < -0.4 is 0 Å². The van der Waals surface area contributed by atoms with E-state index in [9.17, 15) is 4.79 Å². The Bertz CT molecular complexity index is 442. The number of hydrogen-bond donors (Lipinski definition) is 0. The predicted octanol–water partition coefficient (Wildman–Crippen LogP) is 3.65. The van der Waals surface area contributed by atoms with Crippen LogP contribution in [0.15, 0.2) is 54.9 Å². The van der Waals surface area contributed by atoms with Gasteiger partial charge in [0.05, 0.1) is 0 Å². The summed E-state index contributed by atoms with van der Waals surface area (Å²) in [4.78, 5) is 15.5. The fourth-order valence-electron chi connectivity index (χ4n) is 1.38. The first kappa shape index (κ1) is 12.6. The molecule has 0 radical (unpaired) electrons. The van der Waals surface area contributed by atoms with Crippen molar-refractivity contribution in [1.29, 1.82) is 0 Å². The largest absolute Gasteiger partial charge is 0.453 e. The molecule has 0 aliphatic heterocycles. The first-order valence-electron chi connectivity index (χ1n) is 5.57. The smallest absolute Gasteiger partial charge is 0.367 e. The molecule has 0 aliphatic rings. The van der Waals surface area contributed by atoms with Gasteiger partial charge >= 0.3 is 5.30 Å². The number of thioether (sulfide) groups is 1. The van der Waals surface area contributed by atoms with E-state index in [2.05, 4.69) is 4.98 Å². The second-order valence-electron chi connectivity index (χ2n) is 3.67. The summed E-state index contributed by atoms with van der Waals surface area (Å²) < 4.78 is 5.15. The molecule has 0 fully saturated rings. The normalized spacial score (nSPS) is 10.0. The van der Waals surface area contributed by atoms with Crippen molar-refractivity contribution in [2.24, 2.45) is 0 Å². The number of pyridine rings is 1. The van der Waals surface area contributed by atoms with Gasteiger partial charge in [0, 0.05) is 18.1 Å². The van der Waals surface area contributed by atoms with E-state index in [-0.39, 0.29) is 5.30 Å². The van der Waals surface area contributed by atoms with Gasteiger partial charge in [-0.1, -0.05) is 36.4 Å². The van der Waals surface area contributed by atoms with Crippen LogP contribution in [0.4, 0.5) is 4.79 Å². The highest BCUT2D eigenvalue weighted by Gasteiger charge is 2.04. The van der Waals surface area contributed by atoms with Crippen molar-refractivity contribution < 1.29 is 9.53 Å². The molecule has 0 saturated carbocycles. The number of rotatable bonds is 4. The maximum atomic E-state index is 11.5. The molecular formula is C14H13NO2S. The van der Waals surface area contributed by atoms with Crippen LogP contribution in [0.1, 0.15) is 11.1 Å². The number of hydrogen-bond acceptors (Lipinski definition) is 4. The van der Waals surface area contributed by atoms with E-state index in [0.717, 1.165) is 22.9 Å². The Labute approximate surface area is 110 Å². The van der Waals surface area contributed by atoms with Crippen LogP contribution >= 0.6 is 11.8 Å². The predicted molar refractivity (Wildman–Crippen MR) is 72.2 cm³/mol. The van der Waals surface area contributed by atoms with Crippen LogP contribution in [0.2, 0.25) is 0 Å². The molecule has 1 aromatic heterocycles. The molecule has 92 valence electrons. The molecule has 0 saturated heterocycles. The van der Waals surface area contributed by atoms with Crippen molar-refractivity contribution in [3.63, 3.8) is 0 Å². The van der Waals surface area contributed by atoms with Gasteiger partial charge in [0.2, 0.25) is 0 Å². The van der Waals surface area contributed by atoms with Gasteiger partial charge < -0.3 is 4.74 Å². The Morgan fingerprint density at radius 2 is 1.89 bits per heavy atom. The number of aromatic nitrogens is 1. The van der Waals surface area contributed by atoms with Crippen molar-refractivity contribution in [2.75, 3.05) is 0 Å². The SMILES string of the molecule is O=C(OCc1ccccc1)SCc1cccnc1. The van der Waals surface area contributed by atoms with Gasteiger partial charge in [-0.3, -0.25) is 4.98 Å². The zero-order chi connectivity index (χ0) is 12.6. The molecule has 3 nitrogen and oxygen atoms in total. The van der Waals surface area contributed by atoms with E-state index in [4.69, 9.17) is 4.74 Å². The molecular weight excluding hydrogens is 246 g/mol. The van der Waals surface area contributed by atoms with E-state index in [1.165, 1.54) is 0 Å². The van der Waals surface area contributed by atoms with Crippen molar-refractivity contribution in [1.82, 2.24) is 4.98 Å². The maximum absolute atomic E-state index is 11.5.